The van der Waals surface area contributed by atoms with E-state index in [-0.39, 0.29) is 17.9 Å². The number of halogens is 3. The van der Waals surface area contributed by atoms with Crippen LogP contribution in [0.25, 0.3) is 0 Å². The van der Waals surface area contributed by atoms with Gasteiger partial charge in [0, 0.05) is 6.04 Å². The van der Waals surface area contributed by atoms with Crippen molar-refractivity contribution in [1.82, 2.24) is 0 Å². The van der Waals surface area contributed by atoms with Crippen molar-refractivity contribution >= 4 is 9.84 Å². The Hall–Kier alpha value is -1.28. The smallest absolute Gasteiger partial charge is 0.489 e. The summed E-state index contributed by atoms with van der Waals surface area (Å²) in [6, 6.07) is 4.69. The number of rotatable bonds is 3. The number of ether oxygens (including phenoxy) is 1. The van der Waals surface area contributed by atoms with Crippen LogP contribution in [0.1, 0.15) is 12.8 Å². The van der Waals surface area contributed by atoms with Gasteiger partial charge in [0.1, 0.15) is 16.7 Å². The molecule has 0 amide bonds. The van der Waals surface area contributed by atoms with E-state index in [1.807, 2.05) is 0 Å². The molecule has 4 nitrogen and oxygen atoms in total. The zero-order chi connectivity index (χ0) is 14.3. The molecule has 1 saturated carbocycles. The second-order valence-electron chi connectivity index (χ2n) is 4.37. The van der Waals surface area contributed by atoms with Gasteiger partial charge in [0.25, 0.3) is 9.84 Å². The second-order valence-corrected chi connectivity index (χ2v) is 6.28. The summed E-state index contributed by atoms with van der Waals surface area (Å²) in [5.74, 6) is -0.281. The summed E-state index contributed by atoms with van der Waals surface area (Å²) >= 11 is 0. The first kappa shape index (κ1) is 14.1. The maximum Gasteiger partial charge on any atom is 0.502 e. The van der Waals surface area contributed by atoms with Gasteiger partial charge < -0.3 is 10.5 Å². The van der Waals surface area contributed by atoms with Gasteiger partial charge in [0.15, 0.2) is 0 Å². The van der Waals surface area contributed by atoms with Crippen molar-refractivity contribution in [2.45, 2.75) is 35.4 Å². The highest BCUT2D eigenvalue weighted by Crippen LogP contribution is 2.36. The molecule has 19 heavy (non-hydrogen) atoms. The summed E-state index contributed by atoms with van der Waals surface area (Å²) in [4.78, 5) is -0.858. The monoisotopic (exact) mass is 295 g/mol. The third kappa shape index (κ3) is 2.69. The number of hydrogen-bond donors (Lipinski definition) is 1. The number of hydrogen-bond acceptors (Lipinski definition) is 4. The van der Waals surface area contributed by atoms with Gasteiger partial charge in [-0.25, -0.2) is 8.42 Å². The van der Waals surface area contributed by atoms with Gasteiger partial charge in [-0.1, -0.05) is 12.1 Å². The van der Waals surface area contributed by atoms with Crippen LogP contribution in [-0.2, 0) is 9.84 Å². The molecule has 0 spiro atoms. The first-order chi connectivity index (χ1) is 8.72. The molecular formula is C11H12F3NO3S. The van der Waals surface area contributed by atoms with E-state index in [1.54, 1.807) is 0 Å². The molecule has 1 aromatic carbocycles. The summed E-state index contributed by atoms with van der Waals surface area (Å²) in [6.45, 7) is 0. The standard InChI is InChI=1S/C11H12F3NO3S/c12-11(13,14)19(16,17)10-4-2-1-3-9(10)18-8-5-7(15)6-8/h1-4,7-8H,5-6,15H2. The number of benzene rings is 1. The van der Waals surface area contributed by atoms with Crippen LogP contribution in [0.2, 0.25) is 0 Å². The van der Waals surface area contributed by atoms with Gasteiger partial charge in [-0.15, -0.1) is 0 Å². The van der Waals surface area contributed by atoms with E-state index in [4.69, 9.17) is 10.5 Å². The Bertz CT molecular complexity index is 565. The molecule has 2 rings (SSSR count). The largest absolute Gasteiger partial charge is 0.502 e. The molecule has 1 aliphatic rings. The normalized spacial score (nSPS) is 23.8. The molecule has 2 N–H and O–H groups in total. The zero-order valence-electron chi connectivity index (χ0n) is 9.72. The van der Waals surface area contributed by atoms with Crippen molar-refractivity contribution in [2.75, 3.05) is 0 Å². The molecule has 0 aromatic heterocycles. The number of nitrogens with two attached hydrogens (primary N) is 1. The summed E-state index contributed by atoms with van der Waals surface area (Å²) in [6.07, 6.45) is 0.667. The molecule has 1 aromatic rings. The van der Waals surface area contributed by atoms with Gasteiger partial charge in [-0.05, 0) is 25.0 Å². The molecular weight excluding hydrogens is 283 g/mol. The molecule has 0 aliphatic heterocycles. The van der Waals surface area contributed by atoms with Crippen LogP contribution in [0.3, 0.4) is 0 Å². The maximum atomic E-state index is 12.5. The Morgan fingerprint density at radius 3 is 2.32 bits per heavy atom. The van der Waals surface area contributed by atoms with Crippen molar-refractivity contribution in [3.63, 3.8) is 0 Å². The minimum Gasteiger partial charge on any atom is -0.489 e. The lowest BCUT2D eigenvalue weighted by Gasteiger charge is -2.33. The van der Waals surface area contributed by atoms with Crippen LogP contribution >= 0.6 is 0 Å². The number of para-hydroxylation sites is 1. The average molecular weight is 295 g/mol. The Kier molecular flexibility index (Phi) is 3.48. The third-order valence-corrected chi connectivity index (χ3v) is 4.39. The fourth-order valence-corrected chi connectivity index (χ4v) is 2.66. The van der Waals surface area contributed by atoms with E-state index >= 15 is 0 Å². The molecule has 0 radical (unpaired) electrons. The molecule has 8 heteroatoms. The summed E-state index contributed by atoms with van der Waals surface area (Å²) in [7, 11) is -5.41. The summed E-state index contributed by atoms with van der Waals surface area (Å²) < 4.78 is 65.7. The van der Waals surface area contributed by atoms with Crippen LogP contribution in [-0.4, -0.2) is 26.1 Å². The van der Waals surface area contributed by atoms with Crippen LogP contribution in [0, 0.1) is 0 Å². The fourth-order valence-electron chi connectivity index (χ4n) is 1.78. The SMILES string of the molecule is NC1CC(Oc2ccccc2S(=O)(=O)C(F)(F)F)C1. The van der Waals surface area contributed by atoms with Crippen molar-refractivity contribution in [1.29, 1.82) is 0 Å². The van der Waals surface area contributed by atoms with Crippen LogP contribution in [0.4, 0.5) is 13.2 Å². The number of alkyl halides is 3. The molecule has 0 unspecified atom stereocenters. The Labute approximate surface area is 108 Å². The molecule has 0 heterocycles. The first-order valence-corrected chi connectivity index (χ1v) is 7.03. The van der Waals surface area contributed by atoms with Crippen molar-refractivity contribution in [3.05, 3.63) is 24.3 Å². The predicted molar refractivity (Wildman–Crippen MR) is 61.3 cm³/mol. The topological polar surface area (TPSA) is 69.4 Å². The van der Waals surface area contributed by atoms with Crippen molar-refractivity contribution < 1.29 is 26.3 Å². The van der Waals surface area contributed by atoms with Gasteiger partial charge in [0.2, 0.25) is 0 Å². The molecule has 106 valence electrons. The lowest BCUT2D eigenvalue weighted by molar-refractivity contribution is -0.0438. The molecule has 0 saturated heterocycles. The molecule has 0 bridgehead atoms. The van der Waals surface area contributed by atoms with Gasteiger partial charge in [0.05, 0.1) is 0 Å². The van der Waals surface area contributed by atoms with Crippen molar-refractivity contribution in [3.8, 4) is 5.75 Å². The minimum atomic E-state index is -5.41. The molecule has 0 atom stereocenters. The highest BCUT2D eigenvalue weighted by Gasteiger charge is 2.48. The summed E-state index contributed by atoms with van der Waals surface area (Å²) in [5, 5.41) is 0. The van der Waals surface area contributed by atoms with Gasteiger partial charge in [-0.2, -0.15) is 13.2 Å². The Morgan fingerprint density at radius 2 is 1.79 bits per heavy atom. The van der Waals surface area contributed by atoms with Crippen LogP contribution in [0.5, 0.6) is 5.75 Å². The average Bonchev–Trinajstić information content (AvgIpc) is 2.26. The van der Waals surface area contributed by atoms with Crippen molar-refractivity contribution in [2.24, 2.45) is 5.73 Å². The quantitative estimate of drug-likeness (QED) is 0.924. The third-order valence-electron chi connectivity index (χ3n) is 2.87. The maximum absolute atomic E-state index is 12.5. The molecule has 1 aliphatic carbocycles. The van der Waals surface area contributed by atoms with E-state index in [1.165, 1.54) is 18.2 Å². The lowest BCUT2D eigenvalue weighted by atomic mass is 9.90. The number of sulfone groups is 1. The van der Waals surface area contributed by atoms with Crippen LogP contribution in [0.15, 0.2) is 29.2 Å². The first-order valence-electron chi connectivity index (χ1n) is 5.54. The Morgan fingerprint density at radius 1 is 1.21 bits per heavy atom. The van der Waals surface area contributed by atoms with Crippen LogP contribution < -0.4 is 10.5 Å². The predicted octanol–water partition coefficient (Wildman–Crippen LogP) is 1.85. The van der Waals surface area contributed by atoms with E-state index in [0.717, 1.165) is 6.07 Å². The lowest BCUT2D eigenvalue weighted by Crippen LogP contribution is -2.43. The highest BCUT2D eigenvalue weighted by molar-refractivity contribution is 7.92. The fraction of sp³-hybridized carbons (Fsp3) is 0.455. The Balaban J connectivity index is 2.31. The highest BCUT2D eigenvalue weighted by atomic mass is 32.2. The van der Waals surface area contributed by atoms with Gasteiger partial charge >= 0.3 is 5.51 Å². The van der Waals surface area contributed by atoms with E-state index in [2.05, 4.69) is 0 Å². The van der Waals surface area contributed by atoms with Gasteiger partial charge in [-0.3, -0.25) is 0 Å². The van der Waals surface area contributed by atoms with E-state index in [9.17, 15) is 21.6 Å². The minimum absolute atomic E-state index is 0.0450. The summed E-state index contributed by atoms with van der Waals surface area (Å²) in [5.41, 5.74) is 0.193. The molecule has 1 fully saturated rings. The zero-order valence-corrected chi connectivity index (χ0v) is 10.5. The second kappa shape index (κ2) is 4.68. The van der Waals surface area contributed by atoms with E-state index < -0.39 is 20.2 Å². The van der Waals surface area contributed by atoms with E-state index in [0.29, 0.717) is 12.8 Å².